The van der Waals surface area contributed by atoms with E-state index in [0.717, 1.165) is 26.1 Å². The number of ether oxygens (including phenoxy) is 2. The van der Waals surface area contributed by atoms with Crippen molar-refractivity contribution in [3.05, 3.63) is 0 Å². The maximum atomic E-state index is 9.48. The minimum atomic E-state index is -0.405. The van der Waals surface area contributed by atoms with E-state index in [-0.39, 0.29) is 0 Å². The van der Waals surface area contributed by atoms with Gasteiger partial charge in [-0.3, -0.25) is 0 Å². The van der Waals surface area contributed by atoms with Crippen molar-refractivity contribution < 1.29 is 14.6 Å². The number of methoxy groups -OCH3 is 1. The normalized spacial score (nSPS) is 22.6. The van der Waals surface area contributed by atoms with Crippen molar-refractivity contribution in [2.75, 3.05) is 33.5 Å². The van der Waals surface area contributed by atoms with Crippen LogP contribution in [0.1, 0.15) is 19.8 Å². The van der Waals surface area contributed by atoms with Gasteiger partial charge < -0.3 is 19.9 Å². The molecule has 2 atom stereocenters. The van der Waals surface area contributed by atoms with E-state index in [1.54, 1.807) is 7.11 Å². The molecule has 1 aliphatic rings. The molecule has 4 nitrogen and oxygen atoms in total. The lowest BCUT2D eigenvalue weighted by Gasteiger charge is -2.29. The fourth-order valence-electron chi connectivity index (χ4n) is 1.96. The third-order valence-electron chi connectivity index (χ3n) is 3.01. The van der Waals surface area contributed by atoms with Crippen LogP contribution in [-0.2, 0) is 9.47 Å². The van der Waals surface area contributed by atoms with Crippen molar-refractivity contribution in [3.8, 4) is 0 Å². The van der Waals surface area contributed by atoms with Crippen LogP contribution >= 0.6 is 0 Å². The molecule has 1 saturated heterocycles. The average Bonchev–Trinajstić information content (AvgIpc) is 2.27. The van der Waals surface area contributed by atoms with Crippen LogP contribution < -0.4 is 5.32 Å². The SMILES string of the molecule is COCC(O)CNC(C)C1CCOCC1. The van der Waals surface area contributed by atoms with Crippen LogP contribution in [0.5, 0.6) is 0 Å². The van der Waals surface area contributed by atoms with Gasteiger partial charge in [0.1, 0.15) is 0 Å². The first-order valence-corrected chi connectivity index (χ1v) is 5.72. The van der Waals surface area contributed by atoms with Crippen LogP contribution in [0.4, 0.5) is 0 Å². The van der Waals surface area contributed by atoms with Crippen LogP contribution in [0, 0.1) is 5.92 Å². The molecular formula is C11H23NO3. The molecular weight excluding hydrogens is 194 g/mol. The summed E-state index contributed by atoms with van der Waals surface area (Å²) >= 11 is 0. The van der Waals surface area contributed by atoms with Gasteiger partial charge in [-0.1, -0.05) is 0 Å². The second kappa shape index (κ2) is 7.17. The molecule has 0 aromatic carbocycles. The van der Waals surface area contributed by atoms with E-state index >= 15 is 0 Å². The second-order valence-corrected chi connectivity index (χ2v) is 4.26. The Morgan fingerprint density at radius 1 is 1.47 bits per heavy atom. The van der Waals surface area contributed by atoms with Gasteiger partial charge in [0.2, 0.25) is 0 Å². The average molecular weight is 217 g/mol. The summed E-state index contributed by atoms with van der Waals surface area (Å²) in [6.45, 7) is 4.92. The van der Waals surface area contributed by atoms with Gasteiger partial charge in [0, 0.05) is 32.9 Å². The van der Waals surface area contributed by atoms with E-state index in [0.29, 0.717) is 25.1 Å². The van der Waals surface area contributed by atoms with Crippen molar-refractivity contribution in [1.29, 1.82) is 0 Å². The van der Waals surface area contributed by atoms with E-state index in [1.807, 2.05) is 0 Å². The summed E-state index contributed by atoms with van der Waals surface area (Å²) in [4.78, 5) is 0. The summed E-state index contributed by atoms with van der Waals surface area (Å²) in [5.41, 5.74) is 0. The van der Waals surface area contributed by atoms with Crippen molar-refractivity contribution in [1.82, 2.24) is 5.32 Å². The smallest absolute Gasteiger partial charge is 0.0897 e. The van der Waals surface area contributed by atoms with Gasteiger partial charge in [-0.25, -0.2) is 0 Å². The summed E-state index contributed by atoms with van der Waals surface area (Å²) in [6.07, 6.45) is 1.83. The Bertz CT molecular complexity index is 160. The number of nitrogens with one attached hydrogen (secondary N) is 1. The fraction of sp³-hybridized carbons (Fsp3) is 1.00. The van der Waals surface area contributed by atoms with E-state index in [1.165, 1.54) is 0 Å². The predicted octanol–water partition coefficient (Wildman–Crippen LogP) is 0.398. The minimum absolute atomic E-state index is 0.396. The Morgan fingerprint density at radius 3 is 2.73 bits per heavy atom. The van der Waals surface area contributed by atoms with Gasteiger partial charge in [-0.05, 0) is 25.7 Å². The second-order valence-electron chi connectivity index (χ2n) is 4.26. The van der Waals surface area contributed by atoms with E-state index in [9.17, 15) is 5.11 Å². The van der Waals surface area contributed by atoms with Crippen LogP contribution in [0.2, 0.25) is 0 Å². The first-order valence-electron chi connectivity index (χ1n) is 5.72. The number of hydrogen-bond acceptors (Lipinski definition) is 4. The van der Waals surface area contributed by atoms with Crippen LogP contribution in [0.3, 0.4) is 0 Å². The van der Waals surface area contributed by atoms with Crippen molar-refractivity contribution in [2.24, 2.45) is 5.92 Å². The molecule has 15 heavy (non-hydrogen) atoms. The lowest BCUT2D eigenvalue weighted by Crippen LogP contribution is -2.41. The Balaban J connectivity index is 2.13. The van der Waals surface area contributed by atoms with Gasteiger partial charge in [0.05, 0.1) is 12.7 Å². The quantitative estimate of drug-likeness (QED) is 0.676. The summed E-state index contributed by atoms with van der Waals surface area (Å²) in [6, 6.07) is 0.445. The molecule has 0 aliphatic carbocycles. The molecule has 1 rings (SSSR count). The molecule has 90 valence electrons. The summed E-state index contributed by atoms with van der Waals surface area (Å²) in [5, 5.41) is 12.8. The molecule has 2 N–H and O–H groups in total. The Morgan fingerprint density at radius 2 is 2.13 bits per heavy atom. The predicted molar refractivity (Wildman–Crippen MR) is 58.9 cm³/mol. The molecule has 1 heterocycles. The maximum Gasteiger partial charge on any atom is 0.0897 e. The minimum Gasteiger partial charge on any atom is -0.389 e. The molecule has 1 fully saturated rings. The maximum absolute atomic E-state index is 9.48. The highest BCUT2D eigenvalue weighted by atomic mass is 16.5. The van der Waals surface area contributed by atoms with Crippen LogP contribution in [0.25, 0.3) is 0 Å². The Kier molecular flexibility index (Phi) is 6.17. The van der Waals surface area contributed by atoms with Gasteiger partial charge in [0.15, 0.2) is 0 Å². The molecule has 0 amide bonds. The van der Waals surface area contributed by atoms with Crippen LogP contribution in [-0.4, -0.2) is 50.7 Å². The zero-order chi connectivity index (χ0) is 11.1. The number of hydrogen-bond donors (Lipinski definition) is 2. The Hall–Kier alpha value is -0.160. The van der Waals surface area contributed by atoms with Gasteiger partial charge in [-0.15, -0.1) is 0 Å². The topological polar surface area (TPSA) is 50.7 Å². The van der Waals surface area contributed by atoms with Gasteiger partial charge in [-0.2, -0.15) is 0 Å². The van der Waals surface area contributed by atoms with E-state index in [4.69, 9.17) is 9.47 Å². The number of aliphatic hydroxyl groups is 1. The standard InChI is InChI=1S/C11H23NO3/c1-9(10-3-5-15-6-4-10)12-7-11(13)8-14-2/h9-13H,3-8H2,1-2H3. The molecule has 0 bridgehead atoms. The van der Waals surface area contributed by atoms with Crippen molar-refractivity contribution >= 4 is 0 Å². The lowest BCUT2D eigenvalue weighted by atomic mass is 9.93. The third-order valence-corrected chi connectivity index (χ3v) is 3.01. The molecule has 4 heteroatoms. The largest absolute Gasteiger partial charge is 0.389 e. The first-order chi connectivity index (χ1) is 7.24. The first kappa shape index (κ1) is 12.9. The highest BCUT2D eigenvalue weighted by Gasteiger charge is 2.20. The third kappa shape index (κ3) is 4.93. The summed E-state index contributed by atoms with van der Waals surface area (Å²) in [5.74, 6) is 0.675. The lowest BCUT2D eigenvalue weighted by molar-refractivity contribution is 0.0444. The summed E-state index contributed by atoms with van der Waals surface area (Å²) in [7, 11) is 1.60. The molecule has 2 unspecified atom stereocenters. The van der Waals surface area contributed by atoms with Crippen LogP contribution in [0.15, 0.2) is 0 Å². The molecule has 0 aromatic rings. The number of aliphatic hydroxyl groups excluding tert-OH is 1. The van der Waals surface area contributed by atoms with Gasteiger partial charge >= 0.3 is 0 Å². The summed E-state index contributed by atoms with van der Waals surface area (Å²) < 4.78 is 10.2. The molecule has 0 spiro atoms. The molecule has 0 saturated carbocycles. The monoisotopic (exact) mass is 217 g/mol. The molecule has 0 aromatic heterocycles. The zero-order valence-electron chi connectivity index (χ0n) is 9.74. The van der Waals surface area contributed by atoms with Gasteiger partial charge in [0.25, 0.3) is 0 Å². The fourth-order valence-corrected chi connectivity index (χ4v) is 1.96. The van der Waals surface area contributed by atoms with E-state index in [2.05, 4.69) is 12.2 Å². The van der Waals surface area contributed by atoms with Crippen molar-refractivity contribution in [2.45, 2.75) is 31.9 Å². The van der Waals surface area contributed by atoms with Crippen molar-refractivity contribution in [3.63, 3.8) is 0 Å². The highest BCUT2D eigenvalue weighted by Crippen LogP contribution is 2.18. The zero-order valence-corrected chi connectivity index (χ0v) is 9.74. The molecule has 1 aliphatic heterocycles. The molecule has 0 radical (unpaired) electrons. The Labute approximate surface area is 92.0 Å². The van der Waals surface area contributed by atoms with E-state index < -0.39 is 6.10 Å². The number of rotatable bonds is 6. The highest BCUT2D eigenvalue weighted by molar-refractivity contribution is 4.75.